The second-order valence-corrected chi connectivity index (χ2v) is 7.78. The monoisotopic (exact) mass is 436 g/mol. The minimum absolute atomic E-state index is 0.0164. The zero-order valence-electron chi connectivity index (χ0n) is 18.3. The first-order valence-electron chi connectivity index (χ1n) is 10.5. The molecule has 7 heteroatoms. The van der Waals surface area contributed by atoms with E-state index in [-0.39, 0.29) is 11.5 Å². The molecule has 2 N–H and O–H groups in total. The number of hydrogen-bond donors (Lipinski definition) is 2. The van der Waals surface area contributed by atoms with Crippen LogP contribution in [0.4, 0.5) is 10.1 Å². The average Bonchev–Trinajstić information content (AvgIpc) is 2.79. The van der Waals surface area contributed by atoms with Gasteiger partial charge in [-0.1, -0.05) is 24.3 Å². The van der Waals surface area contributed by atoms with Crippen LogP contribution < -0.4 is 20.1 Å². The Morgan fingerprint density at radius 2 is 1.88 bits per heavy atom. The van der Waals surface area contributed by atoms with Crippen LogP contribution in [-0.4, -0.2) is 25.9 Å². The summed E-state index contributed by atoms with van der Waals surface area (Å²) in [7, 11) is 3.06. The molecular weight excluding hydrogens is 411 g/mol. The van der Waals surface area contributed by atoms with Crippen LogP contribution in [0.5, 0.6) is 11.5 Å². The number of carbonyl (C=O) groups excluding carboxylic acids is 2. The minimum atomic E-state index is -0.670. The van der Waals surface area contributed by atoms with Crippen LogP contribution in [0.2, 0.25) is 0 Å². The maximum atomic E-state index is 14.2. The van der Waals surface area contributed by atoms with Gasteiger partial charge in [0.1, 0.15) is 5.82 Å². The van der Waals surface area contributed by atoms with Crippen molar-refractivity contribution in [3.8, 4) is 11.5 Å². The molecule has 0 radical (unpaired) electrons. The first-order valence-corrected chi connectivity index (χ1v) is 10.5. The molecule has 4 rings (SSSR count). The molecule has 6 nitrogen and oxygen atoms in total. The Kier molecular flexibility index (Phi) is 5.99. The van der Waals surface area contributed by atoms with Crippen LogP contribution >= 0.6 is 0 Å². The fourth-order valence-corrected chi connectivity index (χ4v) is 4.49. The van der Waals surface area contributed by atoms with E-state index in [1.165, 1.54) is 26.4 Å². The molecule has 1 aliphatic heterocycles. The van der Waals surface area contributed by atoms with Gasteiger partial charge in [-0.2, -0.15) is 0 Å². The Morgan fingerprint density at radius 3 is 2.59 bits per heavy atom. The third-order valence-corrected chi connectivity index (χ3v) is 5.89. The molecule has 1 aliphatic carbocycles. The molecule has 2 aromatic carbocycles. The van der Waals surface area contributed by atoms with E-state index in [1.807, 2.05) is 6.07 Å². The summed E-state index contributed by atoms with van der Waals surface area (Å²) in [5.74, 6) is -0.753. The molecule has 32 heavy (non-hydrogen) atoms. The number of para-hydroxylation sites is 2. The van der Waals surface area contributed by atoms with Crippen molar-refractivity contribution in [2.45, 2.75) is 32.1 Å². The maximum absolute atomic E-state index is 14.2. The lowest BCUT2D eigenvalue weighted by molar-refractivity contribution is -0.116. The van der Waals surface area contributed by atoms with Gasteiger partial charge in [-0.05, 0) is 38.0 Å². The van der Waals surface area contributed by atoms with E-state index >= 15 is 0 Å². The van der Waals surface area contributed by atoms with Gasteiger partial charge >= 0.3 is 0 Å². The summed E-state index contributed by atoms with van der Waals surface area (Å²) in [4.78, 5) is 26.5. The van der Waals surface area contributed by atoms with E-state index in [0.717, 1.165) is 12.1 Å². The summed E-state index contributed by atoms with van der Waals surface area (Å²) in [5.41, 5.74) is 3.04. The van der Waals surface area contributed by atoms with E-state index in [9.17, 15) is 14.0 Å². The quantitative estimate of drug-likeness (QED) is 0.724. The van der Waals surface area contributed by atoms with Gasteiger partial charge in [0.25, 0.3) is 5.91 Å². The molecule has 0 unspecified atom stereocenters. The lowest BCUT2D eigenvalue weighted by Crippen LogP contribution is -2.35. The lowest BCUT2D eigenvalue weighted by Gasteiger charge is -2.35. The molecule has 0 bridgehead atoms. The van der Waals surface area contributed by atoms with E-state index in [1.54, 1.807) is 31.2 Å². The molecule has 0 spiro atoms. The number of ether oxygens (including phenoxy) is 2. The molecular formula is C25H25FN2O4. The molecule has 2 aliphatic rings. The number of hydrogen-bond acceptors (Lipinski definition) is 5. The molecule has 1 atom stereocenters. The topological polar surface area (TPSA) is 76.7 Å². The first kappa shape index (κ1) is 21.6. The Balaban J connectivity index is 1.87. The van der Waals surface area contributed by atoms with Crippen LogP contribution in [-0.2, 0) is 9.59 Å². The molecule has 0 fully saturated rings. The van der Waals surface area contributed by atoms with Crippen molar-refractivity contribution >= 4 is 17.4 Å². The Bertz CT molecular complexity index is 1150. The van der Waals surface area contributed by atoms with Gasteiger partial charge in [-0.3, -0.25) is 9.59 Å². The van der Waals surface area contributed by atoms with Crippen molar-refractivity contribution in [3.63, 3.8) is 0 Å². The van der Waals surface area contributed by atoms with Gasteiger partial charge in [0.15, 0.2) is 17.3 Å². The highest BCUT2D eigenvalue weighted by Crippen LogP contribution is 2.47. The smallest absolute Gasteiger partial charge is 0.254 e. The summed E-state index contributed by atoms with van der Waals surface area (Å²) in [6, 6.07) is 11.4. The van der Waals surface area contributed by atoms with E-state index in [4.69, 9.17) is 9.47 Å². The summed E-state index contributed by atoms with van der Waals surface area (Å²) in [6.07, 6.45) is 1.87. The second kappa shape index (κ2) is 8.86. The molecule has 0 aromatic heterocycles. The van der Waals surface area contributed by atoms with Gasteiger partial charge in [0.2, 0.25) is 0 Å². The van der Waals surface area contributed by atoms with Gasteiger partial charge in [-0.15, -0.1) is 0 Å². The fourth-order valence-electron chi connectivity index (χ4n) is 4.49. The predicted molar refractivity (Wildman–Crippen MR) is 119 cm³/mol. The Labute approximate surface area is 186 Å². The third-order valence-electron chi connectivity index (χ3n) is 5.89. The molecule has 1 amide bonds. The number of halogens is 1. The highest BCUT2D eigenvalue weighted by atomic mass is 19.1. The standard InChI is InChI=1S/C25H25FN2O4/c1-14-21(25(30)28-17-10-5-4-9-16(17)26)22(23-18(27-14)11-7-12-19(23)29)15-8-6-13-20(31-2)24(15)32-3/h4-6,8-10,13,22,27H,7,11-12H2,1-3H3,(H,28,30)/t22-/m0/s1. The van der Waals surface area contributed by atoms with Crippen molar-refractivity contribution in [2.75, 3.05) is 19.5 Å². The highest BCUT2D eigenvalue weighted by Gasteiger charge is 2.40. The van der Waals surface area contributed by atoms with E-state index in [2.05, 4.69) is 10.6 Å². The molecule has 1 heterocycles. The number of amides is 1. The predicted octanol–water partition coefficient (Wildman–Crippen LogP) is 4.45. The Hall–Kier alpha value is -3.61. The van der Waals surface area contributed by atoms with Crippen molar-refractivity contribution in [3.05, 3.63) is 76.4 Å². The number of ketones is 1. The van der Waals surface area contributed by atoms with Gasteiger partial charge in [0, 0.05) is 34.5 Å². The van der Waals surface area contributed by atoms with Crippen molar-refractivity contribution in [2.24, 2.45) is 0 Å². The second-order valence-electron chi connectivity index (χ2n) is 7.78. The lowest BCUT2D eigenvalue weighted by atomic mass is 9.74. The number of allylic oxidation sites excluding steroid dienone is 3. The fraction of sp³-hybridized carbons (Fsp3) is 0.280. The minimum Gasteiger partial charge on any atom is -0.493 e. The largest absolute Gasteiger partial charge is 0.493 e. The molecule has 0 saturated heterocycles. The number of rotatable bonds is 5. The third kappa shape index (κ3) is 3.75. The molecule has 2 aromatic rings. The van der Waals surface area contributed by atoms with Crippen LogP contribution in [0.25, 0.3) is 0 Å². The van der Waals surface area contributed by atoms with E-state index < -0.39 is 17.6 Å². The first-order chi connectivity index (χ1) is 15.5. The van der Waals surface area contributed by atoms with Crippen LogP contribution in [0.1, 0.15) is 37.7 Å². The van der Waals surface area contributed by atoms with Gasteiger partial charge < -0.3 is 20.1 Å². The van der Waals surface area contributed by atoms with Gasteiger partial charge in [-0.25, -0.2) is 4.39 Å². The summed E-state index contributed by atoms with van der Waals surface area (Å²) >= 11 is 0. The van der Waals surface area contributed by atoms with Crippen molar-refractivity contribution < 1.29 is 23.5 Å². The zero-order valence-corrected chi connectivity index (χ0v) is 18.3. The average molecular weight is 436 g/mol. The number of anilines is 1. The van der Waals surface area contributed by atoms with Crippen LogP contribution in [0, 0.1) is 5.82 Å². The summed E-state index contributed by atoms with van der Waals surface area (Å²) < 4.78 is 25.3. The SMILES string of the molecule is COc1cccc([C@H]2C(C(=O)Nc3ccccc3F)=C(C)NC3=C2C(=O)CCC3)c1OC. The van der Waals surface area contributed by atoms with Crippen molar-refractivity contribution in [1.82, 2.24) is 5.32 Å². The number of Topliss-reactive ketones (excluding diaryl/α,β-unsaturated/α-hetero) is 1. The summed E-state index contributed by atoms with van der Waals surface area (Å²) in [5, 5.41) is 5.93. The number of carbonyl (C=O) groups is 2. The van der Waals surface area contributed by atoms with E-state index in [0.29, 0.717) is 46.7 Å². The van der Waals surface area contributed by atoms with Crippen molar-refractivity contribution in [1.29, 1.82) is 0 Å². The molecule has 166 valence electrons. The number of benzene rings is 2. The van der Waals surface area contributed by atoms with Gasteiger partial charge in [0.05, 0.1) is 25.8 Å². The molecule has 0 saturated carbocycles. The zero-order chi connectivity index (χ0) is 22.8. The normalized spacial score (nSPS) is 18.1. The number of dihydropyridines is 1. The number of nitrogens with one attached hydrogen (secondary N) is 2. The summed E-state index contributed by atoms with van der Waals surface area (Å²) in [6.45, 7) is 1.79. The number of methoxy groups -OCH3 is 2. The maximum Gasteiger partial charge on any atom is 0.254 e. The Morgan fingerprint density at radius 1 is 1.09 bits per heavy atom. The van der Waals surface area contributed by atoms with Crippen LogP contribution in [0.15, 0.2) is 65.0 Å². The van der Waals surface area contributed by atoms with Crippen LogP contribution in [0.3, 0.4) is 0 Å². The highest BCUT2D eigenvalue weighted by molar-refractivity contribution is 6.10.